The van der Waals surface area contributed by atoms with E-state index in [1.54, 1.807) is 6.20 Å². The van der Waals surface area contributed by atoms with Crippen LogP contribution >= 0.6 is 0 Å². The van der Waals surface area contributed by atoms with Crippen LogP contribution in [0.15, 0.2) is 24.7 Å². The number of aromatic amines is 2. The van der Waals surface area contributed by atoms with E-state index in [0.717, 1.165) is 11.3 Å². The third kappa shape index (κ3) is 0.881. The van der Waals surface area contributed by atoms with Gasteiger partial charge < -0.3 is 10.7 Å². The highest BCUT2D eigenvalue weighted by molar-refractivity contribution is 5.70. The average molecular weight is 148 g/mol. The Bertz CT molecular complexity index is 333. The van der Waals surface area contributed by atoms with Crippen molar-refractivity contribution in [2.45, 2.75) is 0 Å². The number of nitrogens with one attached hydrogen (secondary N) is 2. The lowest BCUT2D eigenvalue weighted by atomic mass is 10.2. The van der Waals surface area contributed by atoms with E-state index in [-0.39, 0.29) is 0 Å². The molecule has 0 saturated carbocycles. The average Bonchev–Trinajstić information content (AvgIpc) is 2.55. The zero-order valence-corrected chi connectivity index (χ0v) is 5.83. The van der Waals surface area contributed by atoms with Crippen LogP contribution in [0.3, 0.4) is 0 Å². The van der Waals surface area contributed by atoms with Gasteiger partial charge in [0.1, 0.15) is 0 Å². The highest BCUT2D eigenvalue weighted by Crippen LogP contribution is 2.21. The van der Waals surface area contributed by atoms with Crippen molar-refractivity contribution < 1.29 is 0 Å². The summed E-state index contributed by atoms with van der Waals surface area (Å²) in [4.78, 5) is 2.94. The molecule has 0 aliphatic heterocycles. The van der Waals surface area contributed by atoms with E-state index >= 15 is 0 Å². The smallest absolute Gasteiger partial charge is 0.0895 e. The van der Waals surface area contributed by atoms with Crippen LogP contribution in [-0.2, 0) is 0 Å². The summed E-state index contributed by atoms with van der Waals surface area (Å²) in [6, 6.07) is 1.93. The van der Waals surface area contributed by atoms with Crippen molar-refractivity contribution in [1.82, 2.24) is 15.2 Å². The molecule has 2 aromatic heterocycles. The summed E-state index contributed by atoms with van der Waals surface area (Å²) in [6.07, 6.45) is 5.31. The molecule has 0 unspecified atom stereocenters. The van der Waals surface area contributed by atoms with Crippen LogP contribution in [0.2, 0.25) is 0 Å². The Hall–Kier alpha value is -1.71. The lowest BCUT2D eigenvalue weighted by Crippen LogP contribution is -1.84. The molecule has 0 aliphatic rings. The molecule has 0 saturated heterocycles. The monoisotopic (exact) mass is 148 g/mol. The van der Waals surface area contributed by atoms with E-state index in [1.165, 1.54) is 0 Å². The normalized spacial score (nSPS) is 10.2. The van der Waals surface area contributed by atoms with Gasteiger partial charge in [-0.1, -0.05) is 0 Å². The fourth-order valence-corrected chi connectivity index (χ4v) is 1.01. The first-order valence-corrected chi connectivity index (χ1v) is 3.30. The van der Waals surface area contributed by atoms with Gasteiger partial charge in [0.25, 0.3) is 0 Å². The lowest BCUT2D eigenvalue weighted by molar-refractivity contribution is 1.10. The molecule has 0 radical (unpaired) electrons. The minimum Gasteiger partial charge on any atom is -0.396 e. The van der Waals surface area contributed by atoms with E-state index in [4.69, 9.17) is 5.73 Å². The Morgan fingerprint density at radius 3 is 2.91 bits per heavy atom. The molecule has 0 fully saturated rings. The van der Waals surface area contributed by atoms with Crippen molar-refractivity contribution >= 4 is 5.69 Å². The Morgan fingerprint density at radius 1 is 1.45 bits per heavy atom. The molecule has 2 rings (SSSR count). The number of anilines is 1. The van der Waals surface area contributed by atoms with Crippen molar-refractivity contribution in [3.05, 3.63) is 24.7 Å². The van der Waals surface area contributed by atoms with Crippen molar-refractivity contribution in [2.24, 2.45) is 0 Å². The van der Waals surface area contributed by atoms with Crippen molar-refractivity contribution in [1.29, 1.82) is 0 Å². The molecule has 0 aliphatic carbocycles. The third-order valence-electron chi connectivity index (χ3n) is 1.56. The molecule has 2 aromatic rings. The molecule has 0 aromatic carbocycles. The first-order valence-electron chi connectivity index (χ1n) is 3.30. The molecule has 56 valence electrons. The van der Waals surface area contributed by atoms with Gasteiger partial charge in [-0.25, -0.2) is 0 Å². The summed E-state index contributed by atoms with van der Waals surface area (Å²) in [5.74, 6) is 0. The van der Waals surface area contributed by atoms with E-state index in [0.29, 0.717) is 5.69 Å². The van der Waals surface area contributed by atoms with Gasteiger partial charge in [-0.3, -0.25) is 5.10 Å². The standard InChI is InChI=1S/C7H8N4/c8-6-4-10-11-7(6)5-1-2-9-3-5/h1-4,9H,8H2,(H,10,11). The SMILES string of the molecule is Nc1cn[nH]c1-c1cc[nH]c1. The fourth-order valence-electron chi connectivity index (χ4n) is 1.01. The van der Waals surface area contributed by atoms with Gasteiger partial charge in [-0.15, -0.1) is 0 Å². The highest BCUT2D eigenvalue weighted by atomic mass is 15.1. The lowest BCUT2D eigenvalue weighted by Gasteiger charge is -1.91. The summed E-state index contributed by atoms with van der Waals surface area (Å²) < 4.78 is 0. The minimum atomic E-state index is 0.671. The Morgan fingerprint density at radius 2 is 2.36 bits per heavy atom. The zero-order chi connectivity index (χ0) is 7.68. The maximum atomic E-state index is 5.62. The molecule has 0 amide bonds. The quantitative estimate of drug-likeness (QED) is 0.564. The predicted octanol–water partition coefficient (Wildman–Crippen LogP) is 0.987. The Balaban J connectivity index is 2.53. The largest absolute Gasteiger partial charge is 0.396 e. The molecule has 2 heterocycles. The number of nitrogens with zero attached hydrogens (tertiary/aromatic N) is 1. The zero-order valence-electron chi connectivity index (χ0n) is 5.83. The van der Waals surface area contributed by atoms with Gasteiger partial charge in [-0.2, -0.15) is 5.10 Å². The van der Waals surface area contributed by atoms with Gasteiger partial charge in [-0.05, 0) is 6.07 Å². The number of hydrogen-bond donors (Lipinski definition) is 3. The van der Waals surface area contributed by atoms with Crippen LogP contribution in [0.4, 0.5) is 5.69 Å². The summed E-state index contributed by atoms with van der Waals surface area (Å²) in [5.41, 5.74) is 8.19. The van der Waals surface area contributed by atoms with Gasteiger partial charge in [0.2, 0.25) is 0 Å². The molecule has 4 heteroatoms. The van der Waals surface area contributed by atoms with E-state index in [2.05, 4.69) is 15.2 Å². The van der Waals surface area contributed by atoms with Gasteiger partial charge in [0, 0.05) is 18.0 Å². The number of nitrogen functional groups attached to an aromatic ring is 1. The van der Waals surface area contributed by atoms with Crippen molar-refractivity contribution in [3.63, 3.8) is 0 Å². The second kappa shape index (κ2) is 2.16. The third-order valence-corrected chi connectivity index (χ3v) is 1.56. The summed E-state index contributed by atoms with van der Waals surface area (Å²) in [7, 11) is 0. The fraction of sp³-hybridized carbons (Fsp3) is 0. The van der Waals surface area contributed by atoms with Crippen LogP contribution in [0.5, 0.6) is 0 Å². The first kappa shape index (κ1) is 6.03. The van der Waals surface area contributed by atoms with Crippen molar-refractivity contribution in [3.8, 4) is 11.3 Å². The predicted molar refractivity (Wildman–Crippen MR) is 42.8 cm³/mol. The molecule has 0 spiro atoms. The molecular weight excluding hydrogens is 140 g/mol. The molecule has 0 atom stereocenters. The van der Waals surface area contributed by atoms with Crippen LogP contribution in [0.1, 0.15) is 0 Å². The number of nitrogens with two attached hydrogens (primary N) is 1. The number of hydrogen-bond acceptors (Lipinski definition) is 2. The second-order valence-corrected chi connectivity index (χ2v) is 2.30. The van der Waals surface area contributed by atoms with Crippen LogP contribution < -0.4 is 5.73 Å². The van der Waals surface area contributed by atoms with Crippen LogP contribution in [0, 0.1) is 0 Å². The molecule has 4 nitrogen and oxygen atoms in total. The number of H-pyrrole nitrogens is 2. The van der Waals surface area contributed by atoms with Gasteiger partial charge in [0.15, 0.2) is 0 Å². The molecule has 11 heavy (non-hydrogen) atoms. The molecule has 0 bridgehead atoms. The van der Waals surface area contributed by atoms with E-state index < -0.39 is 0 Å². The van der Waals surface area contributed by atoms with Gasteiger partial charge >= 0.3 is 0 Å². The van der Waals surface area contributed by atoms with E-state index in [1.807, 2.05) is 18.5 Å². The van der Waals surface area contributed by atoms with Crippen LogP contribution in [0.25, 0.3) is 11.3 Å². The summed E-state index contributed by atoms with van der Waals surface area (Å²) >= 11 is 0. The molecular formula is C7H8N4. The first-order chi connectivity index (χ1) is 5.38. The summed E-state index contributed by atoms with van der Waals surface area (Å²) in [6.45, 7) is 0. The maximum absolute atomic E-state index is 5.62. The van der Waals surface area contributed by atoms with Gasteiger partial charge in [0.05, 0.1) is 17.6 Å². The number of rotatable bonds is 1. The summed E-state index contributed by atoms with van der Waals surface area (Å²) in [5, 5.41) is 6.63. The Labute approximate surface area is 63.4 Å². The highest BCUT2D eigenvalue weighted by Gasteiger charge is 2.02. The topological polar surface area (TPSA) is 70.5 Å². The minimum absolute atomic E-state index is 0.671. The van der Waals surface area contributed by atoms with Crippen LogP contribution in [-0.4, -0.2) is 15.2 Å². The van der Waals surface area contributed by atoms with Crippen molar-refractivity contribution in [2.75, 3.05) is 5.73 Å². The Kier molecular flexibility index (Phi) is 1.18. The molecule has 4 N–H and O–H groups in total. The maximum Gasteiger partial charge on any atom is 0.0895 e. The second-order valence-electron chi connectivity index (χ2n) is 2.30. The number of aromatic nitrogens is 3. The van der Waals surface area contributed by atoms with E-state index in [9.17, 15) is 0 Å².